The summed E-state index contributed by atoms with van der Waals surface area (Å²) in [5.74, 6) is 0. The molecule has 0 aliphatic heterocycles. The van der Waals surface area contributed by atoms with E-state index in [4.69, 9.17) is 5.73 Å². The molecule has 0 bridgehead atoms. The van der Waals surface area contributed by atoms with Crippen LogP contribution in [0.15, 0.2) is 0 Å². The lowest BCUT2D eigenvalue weighted by molar-refractivity contribution is 0.356. The predicted molar refractivity (Wildman–Crippen MR) is 79.3 cm³/mol. The van der Waals surface area contributed by atoms with Crippen molar-refractivity contribution in [3.05, 3.63) is 0 Å². The zero-order valence-corrected chi connectivity index (χ0v) is 12.9. The zero-order chi connectivity index (χ0) is 13.4. The molecule has 1 nitrogen and oxygen atoms in total. The number of hydrogen-bond donors (Lipinski definition) is 1. The van der Waals surface area contributed by atoms with E-state index in [1.165, 1.54) is 51.4 Å². The highest BCUT2D eigenvalue weighted by molar-refractivity contribution is 4.70. The van der Waals surface area contributed by atoms with Crippen molar-refractivity contribution in [2.24, 2.45) is 11.1 Å². The zero-order valence-electron chi connectivity index (χ0n) is 12.9. The van der Waals surface area contributed by atoms with Crippen LogP contribution in [0.5, 0.6) is 0 Å². The fourth-order valence-electron chi connectivity index (χ4n) is 2.12. The molecule has 17 heavy (non-hydrogen) atoms. The lowest BCUT2D eigenvalue weighted by Gasteiger charge is -2.18. The van der Waals surface area contributed by atoms with E-state index in [1.54, 1.807) is 0 Å². The van der Waals surface area contributed by atoms with Crippen LogP contribution in [0.3, 0.4) is 0 Å². The summed E-state index contributed by atoms with van der Waals surface area (Å²) in [5.41, 5.74) is 6.51. The number of hydrogen-bond acceptors (Lipinski definition) is 1. The molecular formula is C16H35N. The Morgan fingerprint density at radius 3 is 1.29 bits per heavy atom. The van der Waals surface area contributed by atoms with Crippen LogP contribution in [-0.4, -0.2) is 5.54 Å². The standard InChI is InChI=1S/C16H35N/c1-15(2,3)13-11-9-7-6-8-10-12-14-16(4,5)17/h6-14,17H2,1-5H3. The maximum absolute atomic E-state index is 5.96. The van der Waals surface area contributed by atoms with Gasteiger partial charge in [0.15, 0.2) is 0 Å². The van der Waals surface area contributed by atoms with Gasteiger partial charge in [0, 0.05) is 5.54 Å². The lowest BCUT2D eigenvalue weighted by atomic mass is 9.89. The molecule has 0 heterocycles. The van der Waals surface area contributed by atoms with Crippen molar-refractivity contribution >= 4 is 0 Å². The molecule has 0 unspecified atom stereocenters. The van der Waals surface area contributed by atoms with Crippen molar-refractivity contribution in [3.8, 4) is 0 Å². The van der Waals surface area contributed by atoms with Crippen molar-refractivity contribution in [2.45, 2.75) is 97.9 Å². The minimum atomic E-state index is 0.0344. The molecule has 0 aliphatic rings. The maximum atomic E-state index is 5.96. The van der Waals surface area contributed by atoms with Gasteiger partial charge >= 0.3 is 0 Å². The maximum Gasteiger partial charge on any atom is 0.00970 e. The Labute approximate surface area is 110 Å². The Morgan fingerprint density at radius 2 is 0.941 bits per heavy atom. The fraction of sp³-hybridized carbons (Fsp3) is 1.00. The summed E-state index contributed by atoms with van der Waals surface area (Å²) >= 11 is 0. The second kappa shape index (κ2) is 8.13. The molecule has 0 aromatic carbocycles. The van der Waals surface area contributed by atoms with Gasteiger partial charge in [-0.15, -0.1) is 0 Å². The normalized spacial score (nSPS) is 13.1. The Hall–Kier alpha value is -0.0400. The first kappa shape index (κ1) is 17.0. The van der Waals surface area contributed by atoms with Gasteiger partial charge in [0.25, 0.3) is 0 Å². The molecule has 2 N–H and O–H groups in total. The lowest BCUT2D eigenvalue weighted by Crippen LogP contribution is -2.31. The molecule has 0 rings (SSSR count). The van der Waals surface area contributed by atoms with E-state index in [2.05, 4.69) is 34.6 Å². The molecule has 0 amide bonds. The molecular weight excluding hydrogens is 206 g/mol. The third kappa shape index (κ3) is 16.0. The first-order valence-electron chi connectivity index (χ1n) is 7.50. The van der Waals surface area contributed by atoms with Crippen LogP contribution in [0.2, 0.25) is 0 Å². The largest absolute Gasteiger partial charge is 0.326 e. The first-order valence-corrected chi connectivity index (χ1v) is 7.50. The predicted octanol–water partition coefficient (Wildman–Crippen LogP) is 5.28. The monoisotopic (exact) mass is 241 g/mol. The summed E-state index contributed by atoms with van der Waals surface area (Å²) < 4.78 is 0. The minimum Gasteiger partial charge on any atom is -0.326 e. The van der Waals surface area contributed by atoms with Gasteiger partial charge in [-0.25, -0.2) is 0 Å². The van der Waals surface area contributed by atoms with E-state index in [-0.39, 0.29) is 5.54 Å². The molecule has 0 aromatic heterocycles. The molecule has 104 valence electrons. The minimum absolute atomic E-state index is 0.0344. The van der Waals surface area contributed by atoms with Gasteiger partial charge in [-0.05, 0) is 32.1 Å². The van der Waals surface area contributed by atoms with Crippen molar-refractivity contribution < 1.29 is 0 Å². The van der Waals surface area contributed by atoms with E-state index < -0.39 is 0 Å². The van der Waals surface area contributed by atoms with Gasteiger partial charge in [0.2, 0.25) is 0 Å². The van der Waals surface area contributed by atoms with Crippen LogP contribution < -0.4 is 5.73 Å². The van der Waals surface area contributed by atoms with Gasteiger partial charge in [0.1, 0.15) is 0 Å². The average Bonchev–Trinajstić information content (AvgIpc) is 2.11. The second-order valence-corrected chi connectivity index (χ2v) is 7.52. The molecule has 0 saturated carbocycles. The molecule has 0 saturated heterocycles. The average molecular weight is 241 g/mol. The van der Waals surface area contributed by atoms with Crippen LogP contribution in [0, 0.1) is 5.41 Å². The molecule has 1 heteroatoms. The van der Waals surface area contributed by atoms with E-state index in [9.17, 15) is 0 Å². The number of rotatable bonds is 9. The smallest absolute Gasteiger partial charge is 0.00970 e. The summed E-state index contributed by atoms with van der Waals surface area (Å²) in [7, 11) is 0. The Kier molecular flexibility index (Phi) is 8.11. The molecule has 0 aromatic rings. The van der Waals surface area contributed by atoms with Crippen molar-refractivity contribution in [1.82, 2.24) is 0 Å². The van der Waals surface area contributed by atoms with Gasteiger partial charge in [-0.2, -0.15) is 0 Å². The van der Waals surface area contributed by atoms with E-state index in [1.807, 2.05) is 0 Å². The van der Waals surface area contributed by atoms with Crippen LogP contribution >= 0.6 is 0 Å². The van der Waals surface area contributed by atoms with Crippen molar-refractivity contribution in [1.29, 1.82) is 0 Å². The second-order valence-electron chi connectivity index (χ2n) is 7.52. The van der Waals surface area contributed by atoms with E-state index in [0.29, 0.717) is 5.41 Å². The molecule has 0 aliphatic carbocycles. The summed E-state index contributed by atoms with van der Waals surface area (Å²) in [4.78, 5) is 0. The van der Waals surface area contributed by atoms with Crippen LogP contribution in [0.4, 0.5) is 0 Å². The Morgan fingerprint density at radius 1 is 0.588 bits per heavy atom. The third-order valence-electron chi connectivity index (χ3n) is 3.25. The summed E-state index contributed by atoms with van der Waals surface area (Å²) in [6.45, 7) is 11.3. The Balaban J connectivity index is 3.15. The molecule has 0 radical (unpaired) electrons. The van der Waals surface area contributed by atoms with Gasteiger partial charge in [-0.1, -0.05) is 65.7 Å². The topological polar surface area (TPSA) is 26.0 Å². The first-order chi connectivity index (χ1) is 7.71. The Bertz CT molecular complexity index is 151. The quantitative estimate of drug-likeness (QED) is 0.546. The van der Waals surface area contributed by atoms with Crippen LogP contribution in [0.1, 0.15) is 92.4 Å². The highest BCUT2D eigenvalue weighted by Crippen LogP contribution is 2.22. The highest BCUT2D eigenvalue weighted by atomic mass is 14.7. The van der Waals surface area contributed by atoms with Gasteiger partial charge in [0.05, 0.1) is 0 Å². The molecule has 0 atom stereocenters. The van der Waals surface area contributed by atoms with Gasteiger partial charge in [-0.3, -0.25) is 0 Å². The number of unbranched alkanes of at least 4 members (excludes halogenated alkanes) is 6. The van der Waals surface area contributed by atoms with Crippen LogP contribution in [0.25, 0.3) is 0 Å². The summed E-state index contributed by atoms with van der Waals surface area (Å²) in [5, 5.41) is 0. The fourth-order valence-corrected chi connectivity index (χ4v) is 2.12. The summed E-state index contributed by atoms with van der Waals surface area (Å²) in [6, 6.07) is 0. The van der Waals surface area contributed by atoms with Crippen LogP contribution in [-0.2, 0) is 0 Å². The molecule has 0 fully saturated rings. The van der Waals surface area contributed by atoms with E-state index in [0.717, 1.165) is 6.42 Å². The third-order valence-corrected chi connectivity index (χ3v) is 3.25. The SMILES string of the molecule is CC(C)(C)CCCCCCCCCC(C)(C)N. The number of nitrogens with two attached hydrogens (primary N) is 1. The molecule has 0 spiro atoms. The van der Waals surface area contributed by atoms with Crippen molar-refractivity contribution in [3.63, 3.8) is 0 Å². The summed E-state index contributed by atoms with van der Waals surface area (Å²) in [6.07, 6.45) is 12.2. The van der Waals surface area contributed by atoms with E-state index >= 15 is 0 Å². The van der Waals surface area contributed by atoms with Crippen molar-refractivity contribution in [2.75, 3.05) is 0 Å². The van der Waals surface area contributed by atoms with Gasteiger partial charge < -0.3 is 5.73 Å². The highest BCUT2D eigenvalue weighted by Gasteiger charge is 2.09.